The number of thiophene rings is 1. The second-order valence-corrected chi connectivity index (χ2v) is 12.1. The summed E-state index contributed by atoms with van der Waals surface area (Å²) < 4.78 is 44.1. The van der Waals surface area contributed by atoms with Crippen LogP contribution in [0.15, 0.2) is 53.8 Å². The molecule has 0 spiro atoms. The number of anilines is 1. The fraction of sp³-hybridized carbons (Fsp3) is 0.467. The molecule has 2 heterocycles. The van der Waals surface area contributed by atoms with Gasteiger partial charge >= 0.3 is 6.18 Å². The molecule has 1 saturated carbocycles. The first-order valence-corrected chi connectivity index (χ1v) is 14.5. The minimum Gasteiger partial charge on any atom is -0.495 e. The molecule has 222 valence electrons. The zero-order valence-electron chi connectivity index (χ0n) is 24.0. The highest BCUT2D eigenvalue weighted by molar-refractivity contribution is 7.16. The molecule has 1 fully saturated rings. The SMILES string of the molecule is CN=C(NC1CC(CN(C)C)CC(NCc2ccc(-c3cncc(OC)c3)cc2)C1)c1cc(CC(F)(F)F)sc1N. The highest BCUT2D eigenvalue weighted by Crippen LogP contribution is 2.32. The van der Waals surface area contributed by atoms with E-state index in [4.69, 9.17) is 10.5 Å². The van der Waals surface area contributed by atoms with E-state index in [1.807, 2.05) is 12.3 Å². The lowest BCUT2D eigenvalue weighted by Crippen LogP contribution is -2.48. The van der Waals surface area contributed by atoms with Crippen LogP contribution in [0.2, 0.25) is 0 Å². The van der Waals surface area contributed by atoms with Gasteiger partial charge in [0.05, 0.1) is 30.3 Å². The molecule has 7 nitrogen and oxygen atoms in total. The van der Waals surface area contributed by atoms with Gasteiger partial charge < -0.3 is 26.0 Å². The second kappa shape index (κ2) is 13.7. The Kier molecular flexibility index (Phi) is 10.3. The predicted molar refractivity (Wildman–Crippen MR) is 161 cm³/mol. The summed E-state index contributed by atoms with van der Waals surface area (Å²) in [4.78, 5) is 11.0. The van der Waals surface area contributed by atoms with Gasteiger partial charge in [-0.05, 0) is 62.5 Å². The molecule has 3 aromatic rings. The number of nitrogens with two attached hydrogens (primary N) is 1. The lowest BCUT2D eigenvalue weighted by Gasteiger charge is -2.37. The number of aromatic nitrogens is 1. The molecule has 4 rings (SSSR count). The third-order valence-corrected chi connectivity index (χ3v) is 8.23. The number of hydrogen-bond acceptors (Lipinski definition) is 7. The number of amidine groups is 1. The predicted octanol–water partition coefficient (Wildman–Crippen LogP) is 5.36. The summed E-state index contributed by atoms with van der Waals surface area (Å²) in [6.07, 6.45) is 1.10. The van der Waals surface area contributed by atoms with E-state index in [1.165, 1.54) is 11.6 Å². The summed E-state index contributed by atoms with van der Waals surface area (Å²) in [6.45, 7) is 1.68. The van der Waals surface area contributed by atoms with Crippen molar-refractivity contribution in [1.29, 1.82) is 0 Å². The smallest absolute Gasteiger partial charge is 0.393 e. The Labute approximate surface area is 244 Å². The van der Waals surface area contributed by atoms with E-state index in [0.717, 1.165) is 60.6 Å². The van der Waals surface area contributed by atoms with Gasteiger partial charge in [0.2, 0.25) is 0 Å². The fourth-order valence-electron chi connectivity index (χ4n) is 5.54. The van der Waals surface area contributed by atoms with Gasteiger partial charge in [-0.1, -0.05) is 24.3 Å². The monoisotopic (exact) mass is 588 g/mol. The molecule has 11 heteroatoms. The quantitative estimate of drug-likeness (QED) is 0.218. The van der Waals surface area contributed by atoms with Crippen LogP contribution in [0.5, 0.6) is 5.75 Å². The molecule has 0 aliphatic heterocycles. The Morgan fingerprint density at radius 1 is 1.10 bits per heavy atom. The van der Waals surface area contributed by atoms with Crippen molar-refractivity contribution >= 4 is 22.2 Å². The van der Waals surface area contributed by atoms with Crippen LogP contribution in [-0.4, -0.2) is 68.8 Å². The van der Waals surface area contributed by atoms with Crippen molar-refractivity contribution in [2.75, 3.05) is 40.5 Å². The first kappa shape index (κ1) is 30.8. The first-order chi connectivity index (χ1) is 19.5. The summed E-state index contributed by atoms with van der Waals surface area (Å²) in [6, 6.07) is 12.3. The van der Waals surface area contributed by atoms with Crippen molar-refractivity contribution < 1.29 is 17.9 Å². The molecular weight excluding hydrogens is 549 g/mol. The molecule has 1 aromatic carbocycles. The lowest BCUT2D eigenvalue weighted by atomic mass is 9.82. The molecule has 2 aromatic heterocycles. The maximum Gasteiger partial charge on any atom is 0.393 e. The van der Waals surface area contributed by atoms with Gasteiger partial charge in [0.1, 0.15) is 11.6 Å². The van der Waals surface area contributed by atoms with E-state index in [2.05, 4.69) is 63.9 Å². The molecule has 3 unspecified atom stereocenters. The number of hydrogen-bond donors (Lipinski definition) is 3. The van der Waals surface area contributed by atoms with Crippen molar-refractivity contribution in [3.05, 3.63) is 64.8 Å². The van der Waals surface area contributed by atoms with Crippen molar-refractivity contribution in [3.63, 3.8) is 0 Å². The van der Waals surface area contributed by atoms with Crippen LogP contribution in [0.25, 0.3) is 11.1 Å². The molecule has 0 saturated heterocycles. The number of pyridine rings is 1. The number of halogens is 3. The summed E-state index contributed by atoms with van der Waals surface area (Å²) in [5, 5.41) is 7.62. The number of ether oxygens (including phenoxy) is 1. The van der Waals surface area contributed by atoms with Gasteiger partial charge in [-0.25, -0.2) is 0 Å². The van der Waals surface area contributed by atoms with Crippen LogP contribution in [0.3, 0.4) is 0 Å². The highest BCUT2D eigenvalue weighted by Gasteiger charge is 2.32. The number of nitrogens with one attached hydrogen (secondary N) is 2. The minimum atomic E-state index is -4.28. The standard InChI is InChI=1S/C30H39F3N6OS/c1-35-29(27-13-26(41-28(27)34)14-30(31,32)33)38-24-10-20(18-39(2)3)9-23(12-24)37-15-19-5-7-21(8-6-19)22-11-25(40-4)17-36-16-22/h5-8,11,13,16-17,20,23-24,37H,9-10,12,14-15,18,34H2,1-4H3,(H,35,38). The Hall–Kier alpha value is -3.15. The molecule has 41 heavy (non-hydrogen) atoms. The van der Waals surface area contributed by atoms with Gasteiger partial charge in [-0.2, -0.15) is 13.2 Å². The number of rotatable bonds is 10. The second-order valence-electron chi connectivity index (χ2n) is 10.9. The summed E-state index contributed by atoms with van der Waals surface area (Å²) in [7, 11) is 7.42. The number of nitrogens with zero attached hydrogens (tertiary/aromatic N) is 3. The van der Waals surface area contributed by atoms with Gasteiger partial charge in [-0.3, -0.25) is 9.98 Å². The van der Waals surface area contributed by atoms with Crippen molar-refractivity contribution in [2.24, 2.45) is 10.9 Å². The van der Waals surface area contributed by atoms with Gasteiger partial charge in [-0.15, -0.1) is 11.3 Å². The molecule has 0 bridgehead atoms. The molecule has 3 atom stereocenters. The van der Waals surface area contributed by atoms with E-state index in [0.29, 0.717) is 22.3 Å². The Morgan fingerprint density at radius 3 is 2.49 bits per heavy atom. The topological polar surface area (TPSA) is 87.8 Å². The minimum absolute atomic E-state index is 0.109. The molecule has 1 aliphatic rings. The fourth-order valence-corrected chi connectivity index (χ4v) is 6.50. The van der Waals surface area contributed by atoms with E-state index >= 15 is 0 Å². The van der Waals surface area contributed by atoms with Gasteiger partial charge in [0.15, 0.2) is 0 Å². The average molecular weight is 589 g/mol. The largest absolute Gasteiger partial charge is 0.495 e. The van der Waals surface area contributed by atoms with E-state index in [1.54, 1.807) is 20.4 Å². The van der Waals surface area contributed by atoms with Gasteiger partial charge in [0, 0.05) is 48.9 Å². The molecular formula is C30H39F3N6OS. The molecule has 0 radical (unpaired) electrons. The van der Waals surface area contributed by atoms with E-state index in [9.17, 15) is 13.2 Å². The van der Waals surface area contributed by atoms with Crippen LogP contribution in [-0.2, 0) is 13.0 Å². The molecule has 0 amide bonds. The number of benzene rings is 1. The summed E-state index contributed by atoms with van der Waals surface area (Å²) >= 11 is 0.972. The van der Waals surface area contributed by atoms with Crippen LogP contribution in [0.1, 0.15) is 35.3 Å². The van der Waals surface area contributed by atoms with Crippen LogP contribution >= 0.6 is 11.3 Å². The van der Waals surface area contributed by atoms with Crippen molar-refractivity contribution in [3.8, 4) is 16.9 Å². The van der Waals surface area contributed by atoms with E-state index in [-0.39, 0.29) is 17.0 Å². The van der Waals surface area contributed by atoms with Crippen LogP contribution in [0, 0.1) is 5.92 Å². The van der Waals surface area contributed by atoms with Crippen LogP contribution < -0.4 is 21.1 Å². The number of aliphatic imine (C=N–C) groups is 1. The number of nitrogen functional groups attached to an aromatic ring is 1. The Morgan fingerprint density at radius 2 is 1.83 bits per heavy atom. The third kappa shape index (κ3) is 8.92. The zero-order valence-corrected chi connectivity index (χ0v) is 24.8. The Bertz CT molecular complexity index is 1310. The summed E-state index contributed by atoms with van der Waals surface area (Å²) in [5.41, 5.74) is 9.94. The Balaban J connectivity index is 1.41. The normalized spacial score (nSPS) is 19.9. The van der Waals surface area contributed by atoms with Crippen LogP contribution in [0.4, 0.5) is 18.2 Å². The summed E-state index contributed by atoms with van der Waals surface area (Å²) in [5.74, 6) is 1.72. The highest BCUT2D eigenvalue weighted by atomic mass is 32.1. The third-order valence-electron chi connectivity index (χ3n) is 7.27. The molecule has 1 aliphatic carbocycles. The molecule has 4 N–H and O–H groups in total. The lowest BCUT2D eigenvalue weighted by molar-refractivity contribution is -0.126. The van der Waals surface area contributed by atoms with Crippen molar-refractivity contribution in [1.82, 2.24) is 20.5 Å². The maximum absolute atomic E-state index is 13.0. The van der Waals surface area contributed by atoms with E-state index < -0.39 is 12.6 Å². The number of alkyl halides is 3. The zero-order chi connectivity index (χ0) is 29.6. The number of methoxy groups -OCH3 is 1. The first-order valence-electron chi connectivity index (χ1n) is 13.7. The van der Waals surface area contributed by atoms with Gasteiger partial charge in [0.25, 0.3) is 0 Å². The average Bonchev–Trinajstić information content (AvgIpc) is 3.28. The van der Waals surface area contributed by atoms with Crippen molar-refractivity contribution in [2.45, 2.75) is 50.5 Å². The maximum atomic E-state index is 13.0.